The molecule has 13 heterocycles. The molecule has 9 nitrogen and oxygen atoms in total. The van der Waals surface area contributed by atoms with Crippen molar-refractivity contribution in [2.75, 3.05) is 6.61 Å². The Hall–Kier alpha value is -8.30. The molecule has 1 fully saturated rings. The van der Waals surface area contributed by atoms with Crippen LogP contribution in [0.4, 0.5) is 0 Å². The van der Waals surface area contributed by atoms with Gasteiger partial charge in [0.25, 0.3) is 0 Å². The van der Waals surface area contributed by atoms with Crippen molar-refractivity contribution in [2.24, 2.45) is 23.7 Å². The Bertz CT molecular complexity index is 3910. The first-order valence-corrected chi connectivity index (χ1v) is 46.4. The predicted octanol–water partition coefficient (Wildman–Crippen LogP) is 35.1. The first-order valence-electron chi connectivity index (χ1n) is 42.7. The van der Waals surface area contributed by atoms with Crippen molar-refractivity contribution in [3.8, 4) is 0 Å². The van der Waals surface area contributed by atoms with Crippen LogP contribution in [-0.4, -0.2) is 37.6 Å². The average molecular weight is 1690 g/mol. The summed E-state index contributed by atoms with van der Waals surface area (Å²) in [6.07, 6.45) is 21.4. The number of rotatable bonds is 16. The number of nitrogens with zero attached hydrogens (tertiary/aromatic N) is 2. The molecule has 2 aromatic carbocycles. The smallest absolute Gasteiger partial charge is 0.134 e. The highest BCUT2D eigenvalue weighted by molar-refractivity contribution is 7.10. The average Bonchev–Trinajstić information content (AvgIpc) is 1.70. The van der Waals surface area contributed by atoms with Crippen LogP contribution in [0.15, 0.2) is 265 Å². The SMILES string of the molecule is C.C.CC(C)C1CCCO1.CC(C)Cc1ccc[nH]1.CC(C)Cc1cccs1.CC(C)Cc1ccsc1.CC(C)c1cc2ccccc2[nH]1.CC(C)c1cc2ccccc2o1.CC(C)c1ccc[nH]1.CC(C)c1ccccn1.CC(C)c1cccnc1.CC(C)c1ccco1.CC(C)c1cccs1.CC(C)c1ccoc1.CC(C)c1ccsc1. The molecule has 15 rings (SSSR count). The van der Waals surface area contributed by atoms with Crippen LogP contribution in [0.3, 0.4) is 0 Å². The van der Waals surface area contributed by atoms with Gasteiger partial charge in [-0.25, -0.2) is 0 Å². The fourth-order valence-corrected chi connectivity index (χ4v) is 14.2. The van der Waals surface area contributed by atoms with Gasteiger partial charge in [-0.2, -0.15) is 22.7 Å². The van der Waals surface area contributed by atoms with Gasteiger partial charge >= 0.3 is 0 Å². The molecule has 0 amide bonds. The van der Waals surface area contributed by atoms with Crippen molar-refractivity contribution >= 4 is 67.2 Å². The summed E-state index contributed by atoms with van der Waals surface area (Å²) in [5.74, 6) is 10.5. The molecule has 0 aliphatic carbocycles. The first-order chi connectivity index (χ1) is 55.8. The maximum absolute atomic E-state index is 5.63. The summed E-state index contributed by atoms with van der Waals surface area (Å²) in [6, 6.07) is 58.0. The van der Waals surface area contributed by atoms with E-state index in [1.54, 1.807) is 47.7 Å². The monoisotopic (exact) mass is 1690 g/mol. The Morgan fingerprint density at radius 2 is 1.06 bits per heavy atom. The summed E-state index contributed by atoms with van der Waals surface area (Å²) in [4.78, 5) is 20.9. The third-order valence-corrected chi connectivity index (χ3v) is 21.6. The van der Waals surface area contributed by atoms with Crippen LogP contribution in [0.2, 0.25) is 0 Å². The summed E-state index contributed by atoms with van der Waals surface area (Å²) < 4.78 is 21.0. The molecular formula is C106H157N5O4S4. The van der Waals surface area contributed by atoms with Crippen LogP contribution >= 0.6 is 45.3 Å². The van der Waals surface area contributed by atoms with Crippen molar-refractivity contribution in [3.05, 3.63) is 318 Å². The van der Waals surface area contributed by atoms with Gasteiger partial charge in [0.05, 0.1) is 24.9 Å². The molecule has 3 N–H and O–H groups in total. The number of pyridine rings is 2. The van der Waals surface area contributed by atoms with Crippen LogP contribution in [0.1, 0.15) is 327 Å². The van der Waals surface area contributed by atoms with Gasteiger partial charge in [-0.05, 0) is 266 Å². The quantitative estimate of drug-likeness (QED) is 0.0886. The maximum Gasteiger partial charge on any atom is 0.134 e. The Balaban J connectivity index is 0.000000645. The molecule has 13 heteroatoms. The number of H-pyrrole nitrogens is 3. The van der Waals surface area contributed by atoms with Crippen molar-refractivity contribution < 1.29 is 18.0 Å². The lowest BCUT2D eigenvalue weighted by molar-refractivity contribution is 0.0758. The molecule has 14 aromatic rings. The highest BCUT2D eigenvalue weighted by Gasteiger charge is 2.18. The Morgan fingerprint density at radius 3 is 1.44 bits per heavy atom. The van der Waals surface area contributed by atoms with Gasteiger partial charge in [-0.15, -0.1) is 22.7 Å². The minimum Gasteiger partial charge on any atom is -0.472 e. The first kappa shape index (κ1) is 109. The van der Waals surface area contributed by atoms with Gasteiger partial charge < -0.3 is 32.9 Å². The fraction of sp³-hybridized carbons (Fsp3) is 0.453. The topological polar surface area (TPSA) is 122 Å². The number of hydrogen-bond donors (Lipinski definition) is 3. The van der Waals surface area contributed by atoms with Gasteiger partial charge in [0, 0.05) is 92.9 Å². The number of para-hydroxylation sites is 2. The van der Waals surface area contributed by atoms with Crippen molar-refractivity contribution in [2.45, 2.75) is 286 Å². The molecule has 12 aromatic heterocycles. The van der Waals surface area contributed by atoms with E-state index in [2.05, 4.69) is 334 Å². The number of furan rings is 3. The molecule has 1 aliphatic rings. The van der Waals surface area contributed by atoms with Gasteiger partial charge in [-0.3, -0.25) is 9.97 Å². The number of aromatic amines is 3. The zero-order chi connectivity index (χ0) is 86.5. The van der Waals surface area contributed by atoms with E-state index >= 15 is 0 Å². The summed E-state index contributed by atoms with van der Waals surface area (Å²) >= 11 is 7.23. The number of hydrogen-bond acceptors (Lipinski definition) is 10. The summed E-state index contributed by atoms with van der Waals surface area (Å²) in [5.41, 5.74) is 12.9. The third-order valence-electron chi connectivity index (χ3n) is 18.1. The second-order valence-corrected chi connectivity index (χ2v) is 37.3. The van der Waals surface area contributed by atoms with E-state index in [9.17, 15) is 0 Å². The standard InChI is InChI=1S/C11H13N.C11H12O.C8H11N.C8H13N.C8H11N.2C8H12S.C7H11N.C7H10O.C7H14O.C7H10O.2C7H10S.2CH4/c2*1-8(2)11-7-9-5-3-4-6-10(9)12-11;1-7(2)8-4-3-5-9-6-8;1-7(2)6-8-4-3-5-9-8;1-7(2)8-5-3-4-6-9-8;1-7(2)5-8-3-4-9-6-8;1-7(2)6-8-4-3-5-9-8;1-6(2)7-4-3-5-8-7;1-6(2)7-3-4-8-5-7;2*1-6(2)7-4-3-5-8-7;1-6(2)7-3-4-8-5-7;1-6(2)7-4-3-5-8-7;;/h3-8,12H,1-2H3;3-8H,1-2H3;3-7H,1-2H3;3-5,7,9H,6H2,1-2H3;3-7H,1-2H3;3-4,6-7H,5H2,1-2H3;3-5,7H,6H2,1-2H3;3-6,8H,1-2H3;3-6H,1-2H3;6-7H,3-5H2,1-2H3;3*3-6H,1-2H3;2*1H4. The minimum atomic E-state index is 0. The van der Waals surface area contributed by atoms with Crippen LogP contribution in [-0.2, 0) is 24.0 Å². The van der Waals surface area contributed by atoms with Crippen LogP contribution < -0.4 is 0 Å². The van der Waals surface area contributed by atoms with Crippen molar-refractivity contribution in [1.29, 1.82) is 0 Å². The molecule has 119 heavy (non-hydrogen) atoms. The van der Waals surface area contributed by atoms with E-state index in [0.717, 1.165) is 59.5 Å². The van der Waals surface area contributed by atoms with Crippen LogP contribution in [0.5, 0.6) is 0 Å². The maximum atomic E-state index is 5.63. The zero-order valence-corrected chi connectivity index (χ0v) is 79.5. The van der Waals surface area contributed by atoms with Gasteiger partial charge in [0.15, 0.2) is 0 Å². The van der Waals surface area contributed by atoms with E-state index in [4.69, 9.17) is 18.0 Å². The minimum absolute atomic E-state index is 0. The molecule has 0 spiro atoms. The van der Waals surface area contributed by atoms with E-state index in [1.165, 1.54) is 91.1 Å². The second kappa shape index (κ2) is 63.7. The number of nitrogens with one attached hydrogen (secondary N) is 3. The molecule has 654 valence electrons. The Kier molecular flexibility index (Phi) is 58.1. The molecule has 1 atom stereocenters. The number of ether oxygens (including phenoxy) is 1. The van der Waals surface area contributed by atoms with E-state index in [0.29, 0.717) is 59.4 Å². The molecule has 1 aliphatic heterocycles. The lowest BCUT2D eigenvalue weighted by Gasteiger charge is -2.11. The zero-order valence-electron chi connectivity index (χ0n) is 76.2. The summed E-state index contributed by atoms with van der Waals surface area (Å²) in [6.45, 7) is 57.8. The highest BCUT2D eigenvalue weighted by Crippen LogP contribution is 2.26. The largest absolute Gasteiger partial charge is 0.472 e. The fourth-order valence-electron chi connectivity index (χ4n) is 11.1. The molecule has 0 bridgehead atoms. The van der Waals surface area contributed by atoms with Gasteiger partial charge in [0.1, 0.15) is 17.1 Å². The Labute approximate surface area is 739 Å². The highest BCUT2D eigenvalue weighted by atomic mass is 32.1. The van der Waals surface area contributed by atoms with E-state index < -0.39 is 0 Å². The third kappa shape index (κ3) is 49.3. The molecular weight excluding hydrogens is 1540 g/mol. The summed E-state index contributed by atoms with van der Waals surface area (Å²) in [7, 11) is 0. The van der Waals surface area contributed by atoms with Crippen LogP contribution in [0.25, 0.3) is 21.9 Å². The molecule has 0 radical (unpaired) electrons. The molecule has 0 saturated carbocycles. The van der Waals surface area contributed by atoms with Crippen molar-refractivity contribution in [3.63, 3.8) is 0 Å². The normalized spacial score (nSPS) is 11.7. The number of fused-ring (bicyclic) bond motifs is 2. The number of benzene rings is 2. The second-order valence-electron chi connectivity index (χ2n) is 33.7. The predicted molar refractivity (Wildman–Crippen MR) is 529 cm³/mol. The molecule has 1 saturated heterocycles. The molecule has 1 unspecified atom stereocenters. The lowest BCUT2D eigenvalue weighted by atomic mass is 10.1. The summed E-state index contributed by atoms with van der Waals surface area (Å²) in [5, 5.41) is 15.4. The Morgan fingerprint density at radius 1 is 0.437 bits per heavy atom. The lowest BCUT2D eigenvalue weighted by Crippen LogP contribution is -2.12. The van der Waals surface area contributed by atoms with Gasteiger partial charge in [-0.1, -0.05) is 256 Å². The van der Waals surface area contributed by atoms with E-state index in [-0.39, 0.29) is 14.9 Å². The van der Waals surface area contributed by atoms with Gasteiger partial charge in [0.2, 0.25) is 0 Å². The van der Waals surface area contributed by atoms with Crippen LogP contribution in [0, 0.1) is 23.7 Å². The van der Waals surface area contributed by atoms with E-state index in [1.807, 2.05) is 120 Å². The number of thiophene rings is 4. The number of aromatic nitrogens is 5. The van der Waals surface area contributed by atoms with Crippen molar-refractivity contribution in [1.82, 2.24) is 24.9 Å².